The highest BCUT2D eigenvalue weighted by atomic mass is 16.5. The zero-order chi connectivity index (χ0) is 10.4. The van der Waals surface area contributed by atoms with Gasteiger partial charge in [0.05, 0.1) is 19.8 Å². The molecule has 0 aliphatic heterocycles. The zero-order valence-electron chi connectivity index (χ0n) is 8.71. The summed E-state index contributed by atoms with van der Waals surface area (Å²) in [6.45, 7) is 4.07. The Hall–Kier alpha value is -0.840. The zero-order valence-corrected chi connectivity index (χ0v) is 8.71. The molecule has 2 N–H and O–H groups in total. The summed E-state index contributed by atoms with van der Waals surface area (Å²) < 4.78 is 15.6. The van der Waals surface area contributed by atoms with Crippen LogP contribution in [0.3, 0.4) is 0 Å². The molecule has 0 aliphatic carbocycles. The first kappa shape index (κ1) is 11.2. The third-order valence-electron chi connectivity index (χ3n) is 1.93. The van der Waals surface area contributed by atoms with Crippen molar-refractivity contribution in [1.82, 2.24) is 0 Å². The van der Waals surface area contributed by atoms with Gasteiger partial charge in [0.25, 0.3) is 0 Å². The van der Waals surface area contributed by atoms with Crippen LogP contribution in [-0.2, 0) is 22.6 Å². The second-order valence-corrected chi connectivity index (χ2v) is 3.07. The van der Waals surface area contributed by atoms with E-state index in [1.54, 1.807) is 7.11 Å². The van der Waals surface area contributed by atoms with E-state index in [1.165, 1.54) is 0 Å². The molecule has 0 fully saturated rings. The van der Waals surface area contributed by atoms with Crippen LogP contribution >= 0.6 is 0 Å². The maximum absolute atomic E-state index is 5.49. The molecule has 0 spiro atoms. The third kappa shape index (κ3) is 3.14. The van der Waals surface area contributed by atoms with E-state index in [-0.39, 0.29) is 0 Å². The van der Waals surface area contributed by atoms with Crippen LogP contribution in [0.4, 0.5) is 0 Å². The highest BCUT2D eigenvalue weighted by molar-refractivity contribution is 5.19. The van der Waals surface area contributed by atoms with Crippen molar-refractivity contribution in [3.8, 4) is 0 Å². The minimum Gasteiger partial charge on any atom is -0.462 e. The highest BCUT2D eigenvalue weighted by Crippen LogP contribution is 2.14. The van der Waals surface area contributed by atoms with E-state index >= 15 is 0 Å². The molecule has 0 atom stereocenters. The maximum atomic E-state index is 5.49. The largest absolute Gasteiger partial charge is 0.462 e. The lowest BCUT2D eigenvalue weighted by Gasteiger charge is -2.00. The molecule has 0 bridgehead atoms. The van der Waals surface area contributed by atoms with Gasteiger partial charge < -0.3 is 19.6 Å². The lowest BCUT2D eigenvalue weighted by atomic mass is 10.3. The molecule has 4 nitrogen and oxygen atoms in total. The number of nitrogens with two attached hydrogens (primary N) is 1. The van der Waals surface area contributed by atoms with Gasteiger partial charge in [-0.25, -0.2) is 0 Å². The Labute approximate surface area is 84.0 Å². The second kappa shape index (κ2) is 5.80. The van der Waals surface area contributed by atoms with Crippen molar-refractivity contribution in [3.05, 3.63) is 23.2 Å². The predicted octanol–water partition coefficient (Wildman–Crippen LogP) is 1.21. The number of rotatable bonds is 6. The van der Waals surface area contributed by atoms with Crippen molar-refractivity contribution in [2.24, 2.45) is 5.73 Å². The van der Waals surface area contributed by atoms with Crippen LogP contribution in [0.2, 0.25) is 0 Å². The molecular weight excluding hydrogens is 182 g/mol. The van der Waals surface area contributed by atoms with Gasteiger partial charge in [-0.15, -0.1) is 0 Å². The first-order valence-corrected chi connectivity index (χ1v) is 4.63. The summed E-state index contributed by atoms with van der Waals surface area (Å²) in [6, 6.07) is 1.95. The van der Waals surface area contributed by atoms with Gasteiger partial charge in [0.15, 0.2) is 0 Å². The minimum absolute atomic E-state index is 0.434. The van der Waals surface area contributed by atoms with Gasteiger partial charge in [-0.2, -0.15) is 0 Å². The smallest absolute Gasteiger partial charge is 0.130 e. The van der Waals surface area contributed by atoms with Crippen molar-refractivity contribution in [3.63, 3.8) is 0 Å². The Morgan fingerprint density at radius 2 is 2.21 bits per heavy atom. The fourth-order valence-corrected chi connectivity index (χ4v) is 1.18. The fourth-order valence-electron chi connectivity index (χ4n) is 1.18. The Kier molecular flexibility index (Phi) is 4.65. The molecule has 1 heterocycles. The average molecular weight is 199 g/mol. The van der Waals surface area contributed by atoms with Crippen molar-refractivity contribution in [2.75, 3.05) is 20.3 Å². The summed E-state index contributed by atoms with van der Waals surface area (Å²) in [7, 11) is 1.65. The SMILES string of the molecule is COCCOCc1cc(C)c(CN)o1. The molecule has 1 aromatic heterocycles. The first-order valence-electron chi connectivity index (χ1n) is 4.63. The van der Waals surface area contributed by atoms with Crippen LogP contribution in [0.25, 0.3) is 0 Å². The molecule has 0 saturated carbocycles. The summed E-state index contributed by atoms with van der Waals surface area (Å²) in [6.07, 6.45) is 0. The van der Waals surface area contributed by atoms with Crippen molar-refractivity contribution >= 4 is 0 Å². The number of aryl methyl sites for hydroxylation is 1. The van der Waals surface area contributed by atoms with E-state index < -0.39 is 0 Å². The lowest BCUT2D eigenvalue weighted by Crippen LogP contribution is -2.01. The van der Waals surface area contributed by atoms with Gasteiger partial charge in [0, 0.05) is 7.11 Å². The average Bonchev–Trinajstić information content (AvgIpc) is 2.54. The van der Waals surface area contributed by atoms with Crippen LogP contribution in [0.1, 0.15) is 17.1 Å². The van der Waals surface area contributed by atoms with E-state index in [0.29, 0.717) is 26.4 Å². The van der Waals surface area contributed by atoms with Gasteiger partial charge >= 0.3 is 0 Å². The van der Waals surface area contributed by atoms with Crippen molar-refractivity contribution in [1.29, 1.82) is 0 Å². The molecule has 80 valence electrons. The van der Waals surface area contributed by atoms with Crippen LogP contribution in [0.5, 0.6) is 0 Å². The van der Waals surface area contributed by atoms with Crippen LogP contribution in [-0.4, -0.2) is 20.3 Å². The summed E-state index contributed by atoms with van der Waals surface area (Å²) in [5.74, 6) is 1.65. The lowest BCUT2D eigenvalue weighted by molar-refractivity contribution is 0.0534. The van der Waals surface area contributed by atoms with Gasteiger partial charge in [-0.1, -0.05) is 0 Å². The summed E-state index contributed by atoms with van der Waals surface area (Å²) in [4.78, 5) is 0. The molecule has 0 amide bonds. The topological polar surface area (TPSA) is 57.6 Å². The second-order valence-electron chi connectivity index (χ2n) is 3.07. The van der Waals surface area contributed by atoms with E-state index in [2.05, 4.69) is 0 Å². The molecule has 14 heavy (non-hydrogen) atoms. The number of furan rings is 1. The minimum atomic E-state index is 0.434. The molecule has 4 heteroatoms. The van der Waals surface area contributed by atoms with Crippen molar-refractivity contribution < 1.29 is 13.9 Å². The summed E-state index contributed by atoms with van der Waals surface area (Å²) in [5, 5.41) is 0. The maximum Gasteiger partial charge on any atom is 0.130 e. The molecule has 1 aromatic rings. The molecule has 0 aliphatic rings. The van der Waals surface area contributed by atoms with Crippen molar-refractivity contribution in [2.45, 2.75) is 20.1 Å². The Morgan fingerprint density at radius 3 is 2.79 bits per heavy atom. The van der Waals surface area contributed by atoms with E-state index in [9.17, 15) is 0 Å². The van der Waals surface area contributed by atoms with Gasteiger partial charge in [-0.3, -0.25) is 0 Å². The molecular formula is C10H17NO3. The molecule has 0 saturated heterocycles. The monoisotopic (exact) mass is 199 g/mol. The molecule has 0 radical (unpaired) electrons. The third-order valence-corrected chi connectivity index (χ3v) is 1.93. The number of methoxy groups -OCH3 is 1. The quantitative estimate of drug-likeness (QED) is 0.700. The predicted molar refractivity (Wildman–Crippen MR) is 52.9 cm³/mol. The van der Waals surface area contributed by atoms with Gasteiger partial charge in [-0.05, 0) is 18.6 Å². The van der Waals surface area contributed by atoms with Gasteiger partial charge in [0.2, 0.25) is 0 Å². The Balaban J connectivity index is 2.35. The molecule has 0 unspecified atom stereocenters. The number of hydrogen-bond acceptors (Lipinski definition) is 4. The van der Waals surface area contributed by atoms with Crippen LogP contribution in [0, 0.1) is 6.92 Å². The first-order chi connectivity index (χ1) is 6.77. The Bertz CT molecular complexity index is 270. The normalized spacial score (nSPS) is 10.8. The van der Waals surface area contributed by atoms with Crippen LogP contribution in [0.15, 0.2) is 10.5 Å². The fraction of sp³-hybridized carbons (Fsp3) is 0.600. The van der Waals surface area contributed by atoms with Crippen LogP contribution < -0.4 is 5.73 Å². The summed E-state index contributed by atoms with van der Waals surface area (Å²) >= 11 is 0. The van der Waals surface area contributed by atoms with Gasteiger partial charge in [0.1, 0.15) is 18.1 Å². The Morgan fingerprint density at radius 1 is 1.43 bits per heavy atom. The molecule has 0 aromatic carbocycles. The number of ether oxygens (including phenoxy) is 2. The van der Waals surface area contributed by atoms with E-state index in [0.717, 1.165) is 17.1 Å². The van der Waals surface area contributed by atoms with E-state index in [1.807, 2.05) is 13.0 Å². The number of hydrogen-bond donors (Lipinski definition) is 1. The summed E-state index contributed by atoms with van der Waals surface area (Å²) in [5.41, 5.74) is 6.57. The van der Waals surface area contributed by atoms with E-state index in [4.69, 9.17) is 19.6 Å². The standard InChI is InChI=1S/C10H17NO3/c1-8-5-9(14-10(8)6-11)7-13-4-3-12-2/h5H,3-4,6-7,11H2,1-2H3. The molecule has 1 rings (SSSR count). The highest BCUT2D eigenvalue weighted by Gasteiger charge is 2.05.